The molecular weight excluding hydrogens is 230 g/mol. The lowest BCUT2D eigenvalue weighted by Crippen LogP contribution is -2.14. The normalized spacial score (nSPS) is 21.6. The molecular formula is C14H21NOS. The summed E-state index contributed by atoms with van der Waals surface area (Å²) in [6.07, 6.45) is 2.90. The maximum absolute atomic E-state index is 5.66. The van der Waals surface area contributed by atoms with Crippen molar-refractivity contribution >= 4 is 11.8 Å². The highest BCUT2D eigenvalue weighted by Crippen LogP contribution is 2.29. The Balaban J connectivity index is 1.98. The van der Waals surface area contributed by atoms with E-state index in [2.05, 4.69) is 36.5 Å². The van der Waals surface area contributed by atoms with Gasteiger partial charge in [-0.1, -0.05) is 18.2 Å². The van der Waals surface area contributed by atoms with E-state index in [-0.39, 0.29) is 0 Å². The predicted octanol–water partition coefficient (Wildman–Crippen LogP) is 3.24. The maximum Gasteiger partial charge on any atom is 0.0669 e. The summed E-state index contributed by atoms with van der Waals surface area (Å²) in [4.78, 5) is 1.38. The van der Waals surface area contributed by atoms with Gasteiger partial charge in [-0.15, -0.1) is 11.8 Å². The molecule has 1 saturated heterocycles. The SMILES string of the molecule is CNC(C)c1ccccc1SCC1CCCO1. The molecule has 2 nitrogen and oxygen atoms in total. The Kier molecular flexibility index (Phi) is 4.89. The molecule has 1 fully saturated rings. The average molecular weight is 251 g/mol. The van der Waals surface area contributed by atoms with Crippen molar-refractivity contribution in [3.8, 4) is 0 Å². The highest BCUT2D eigenvalue weighted by Gasteiger charge is 2.17. The summed E-state index contributed by atoms with van der Waals surface area (Å²) in [5, 5.41) is 3.30. The third-order valence-corrected chi connectivity index (χ3v) is 4.49. The highest BCUT2D eigenvalue weighted by atomic mass is 32.2. The van der Waals surface area contributed by atoms with Crippen molar-refractivity contribution in [1.82, 2.24) is 5.32 Å². The Morgan fingerprint density at radius 2 is 2.29 bits per heavy atom. The van der Waals surface area contributed by atoms with E-state index in [1.807, 2.05) is 18.8 Å². The molecule has 0 amide bonds. The molecule has 1 aliphatic rings. The lowest BCUT2D eigenvalue weighted by atomic mass is 10.1. The van der Waals surface area contributed by atoms with Crippen LogP contribution in [0.25, 0.3) is 0 Å². The summed E-state index contributed by atoms with van der Waals surface area (Å²) in [6, 6.07) is 9.05. The molecule has 1 aromatic carbocycles. The molecule has 2 atom stereocenters. The molecule has 1 aliphatic heterocycles. The fourth-order valence-electron chi connectivity index (χ4n) is 2.08. The largest absolute Gasteiger partial charge is 0.377 e. The summed E-state index contributed by atoms with van der Waals surface area (Å²) in [6.45, 7) is 3.14. The van der Waals surface area contributed by atoms with Gasteiger partial charge >= 0.3 is 0 Å². The number of nitrogens with one attached hydrogen (secondary N) is 1. The van der Waals surface area contributed by atoms with Crippen molar-refractivity contribution in [3.05, 3.63) is 29.8 Å². The van der Waals surface area contributed by atoms with Crippen molar-refractivity contribution < 1.29 is 4.74 Å². The fraction of sp³-hybridized carbons (Fsp3) is 0.571. The molecule has 0 radical (unpaired) electrons. The van der Waals surface area contributed by atoms with Crippen molar-refractivity contribution in [3.63, 3.8) is 0 Å². The van der Waals surface area contributed by atoms with E-state index in [0.717, 1.165) is 12.4 Å². The first kappa shape index (κ1) is 12.9. The van der Waals surface area contributed by atoms with Crippen LogP contribution in [0.3, 0.4) is 0 Å². The van der Waals surface area contributed by atoms with E-state index in [9.17, 15) is 0 Å². The van der Waals surface area contributed by atoms with Crippen LogP contribution in [-0.4, -0.2) is 25.5 Å². The highest BCUT2D eigenvalue weighted by molar-refractivity contribution is 7.99. The second-order valence-corrected chi connectivity index (χ2v) is 5.56. The van der Waals surface area contributed by atoms with E-state index in [0.29, 0.717) is 12.1 Å². The van der Waals surface area contributed by atoms with Gasteiger partial charge in [-0.25, -0.2) is 0 Å². The van der Waals surface area contributed by atoms with Gasteiger partial charge in [0.2, 0.25) is 0 Å². The zero-order chi connectivity index (χ0) is 12.1. The lowest BCUT2D eigenvalue weighted by Gasteiger charge is -2.16. The maximum atomic E-state index is 5.66. The number of ether oxygens (including phenoxy) is 1. The molecule has 17 heavy (non-hydrogen) atoms. The van der Waals surface area contributed by atoms with Gasteiger partial charge in [0.15, 0.2) is 0 Å². The minimum absolute atomic E-state index is 0.406. The summed E-state index contributed by atoms with van der Waals surface area (Å²) >= 11 is 1.92. The minimum Gasteiger partial charge on any atom is -0.377 e. The van der Waals surface area contributed by atoms with Crippen LogP contribution in [0, 0.1) is 0 Å². The first-order valence-corrected chi connectivity index (χ1v) is 7.30. The van der Waals surface area contributed by atoms with Crippen LogP contribution in [0.4, 0.5) is 0 Å². The second kappa shape index (κ2) is 6.43. The van der Waals surface area contributed by atoms with E-state index < -0.39 is 0 Å². The Hall–Kier alpha value is -0.510. The topological polar surface area (TPSA) is 21.3 Å². The molecule has 0 saturated carbocycles. The van der Waals surface area contributed by atoms with E-state index in [4.69, 9.17) is 4.74 Å². The van der Waals surface area contributed by atoms with Crippen molar-refractivity contribution in [2.24, 2.45) is 0 Å². The standard InChI is InChI=1S/C14H21NOS/c1-11(15-2)13-7-3-4-8-14(13)17-10-12-6-5-9-16-12/h3-4,7-8,11-12,15H,5-6,9-10H2,1-2H3. The van der Waals surface area contributed by atoms with Crippen LogP contribution in [0.15, 0.2) is 29.2 Å². The second-order valence-electron chi connectivity index (χ2n) is 4.49. The smallest absolute Gasteiger partial charge is 0.0669 e. The van der Waals surface area contributed by atoms with Gasteiger partial charge in [-0.3, -0.25) is 0 Å². The monoisotopic (exact) mass is 251 g/mol. The number of rotatable bonds is 5. The number of hydrogen-bond donors (Lipinski definition) is 1. The predicted molar refractivity (Wildman–Crippen MR) is 73.6 cm³/mol. The quantitative estimate of drug-likeness (QED) is 0.812. The molecule has 1 heterocycles. The Morgan fingerprint density at radius 3 is 3.00 bits per heavy atom. The average Bonchev–Trinajstić information content (AvgIpc) is 2.89. The number of hydrogen-bond acceptors (Lipinski definition) is 3. The van der Waals surface area contributed by atoms with Gasteiger partial charge < -0.3 is 10.1 Å². The summed E-state index contributed by atoms with van der Waals surface area (Å²) in [5.74, 6) is 1.08. The van der Waals surface area contributed by atoms with E-state index in [1.54, 1.807) is 0 Å². The van der Waals surface area contributed by atoms with Gasteiger partial charge in [0.05, 0.1) is 6.10 Å². The third-order valence-electron chi connectivity index (χ3n) is 3.27. The Morgan fingerprint density at radius 1 is 1.47 bits per heavy atom. The van der Waals surface area contributed by atoms with Gasteiger partial charge in [0.1, 0.15) is 0 Å². The first-order valence-electron chi connectivity index (χ1n) is 6.32. The molecule has 2 unspecified atom stereocenters. The molecule has 1 aromatic rings. The number of thioether (sulfide) groups is 1. The first-order chi connectivity index (χ1) is 8.31. The van der Waals surface area contributed by atoms with Crippen molar-refractivity contribution in [1.29, 1.82) is 0 Å². The van der Waals surface area contributed by atoms with Gasteiger partial charge in [0, 0.05) is 23.3 Å². The van der Waals surface area contributed by atoms with Gasteiger partial charge in [-0.2, -0.15) is 0 Å². The van der Waals surface area contributed by atoms with Crippen LogP contribution in [0.1, 0.15) is 31.4 Å². The fourth-order valence-corrected chi connectivity index (χ4v) is 3.30. The van der Waals surface area contributed by atoms with Crippen LogP contribution >= 0.6 is 11.8 Å². The van der Waals surface area contributed by atoms with Crippen LogP contribution in [0.2, 0.25) is 0 Å². The van der Waals surface area contributed by atoms with Crippen LogP contribution < -0.4 is 5.32 Å². The zero-order valence-electron chi connectivity index (χ0n) is 10.6. The van der Waals surface area contributed by atoms with E-state index >= 15 is 0 Å². The van der Waals surface area contributed by atoms with Gasteiger partial charge in [0.25, 0.3) is 0 Å². The molecule has 1 N–H and O–H groups in total. The molecule has 94 valence electrons. The number of benzene rings is 1. The van der Waals surface area contributed by atoms with Gasteiger partial charge in [-0.05, 0) is 38.4 Å². The van der Waals surface area contributed by atoms with Crippen LogP contribution in [0.5, 0.6) is 0 Å². The van der Waals surface area contributed by atoms with E-state index in [1.165, 1.54) is 23.3 Å². The summed E-state index contributed by atoms with van der Waals surface area (Å²) < 4.78 is 5.66. The summed E-state index contributed by atoms with van der Waals surface area (Å²) in [5.41, 5.74) is 1.39. The molecule has 0 aliphatic carbocycles. The van der Waals surface area contributed by atoms with Crippen molar-refractivity contribution in [2.75, 3.05) is 19.4 Å². The zero-order valence-corrected chi connectivity index (χ0v) is 11.4. The molecule has 0 aromatic heterocycles. The lowest BCUT2D eigenvalue weighted by molar-refractivity contribution is 0.129. The molecule has 3 heteroatoms. The Labute approximate surface area is 108 Å². The molecule has 2 rings (SSSR count). The third kappa shape index (κ3) is 3.47. The molecule has 0 spiro atoms. The van der Waals surface area contributed by atoms with Crippen LogP contribution in [-0.2, 0) is 4.74 Å². The summed E-state index contributed by atoms with van der Waals surface area (Å²) in [7, 11) is 2.01. The molecule has 0 bridgehead atoms. The minimum atomic E-state index is 0.406. The Bertz CT molecular complexity index is 350. The van der Waals surface area contributed by atoms with Crippen molar-refractivity contribution in [2.45, 2.75) is 36.8 Å².